The summed E-state index contributed by atoms with van der Waals surface area (Å²) in [6, 6.07) is 5.77. The average molecular weight is 214 g/mol. The molecule has 1 unspecified atom stereocenters. The number of rotatable bonds is 4. The number of halogens is 1. The van der Waals surface area contributed by atoms with Gasteiger partial charge in [0.25, 0.3) is 0 Å². The molecule has 0 amide bonds. The smallest absolute Gasteiger partial charge is 0.120 e. The first kappa shape index (κ1) is 11.3. The lowest BCUT2D eigenvalue weighted by Crippen LogP contribution is -2.04. The highest BCUT2D eigenvalue weighted by Crippen LogP contribution is 2.27. The highest BCUT2D eigenvalue weighted by atomic mass is 35.5. The molecule has 2 nitrogen and oxygen atoms in total. The van der Waals surface area contributed by atoms with E-state index in [4.69, 9.17) is 22.1 Å². The second kappa shape index (κ2) is 5.23. The van der Waals surface area contributed by atoms with Crippen LogP contribution >= 0.6 is 11.6 Å². The van der Waals surface area contributed by atoms with E-state index in [1.54, 1.807) is 13.2 Å². The molecular formula is C11H16ClNO. The molecule has 0 saturated heterocycles. The largest absolute Gasteiger partial charge is 0.497 e. The Morgan fingerprint density at radius 2 is 2.14 bits per heavy atom. The summed E-state index contributed by atoms with van der Waals surface area (Å²) in [7, 11) is 1.64. The van der Waals surface area contributed by atoms with E-state index in [1.165, 1.54) is 5.56 Å². The molecule has 78 valence electrons. The van der Waals surface area contributed by atoms with Crippen molar-refractivity contribution in [3.05, 3.63) is 28.8 Å². The molecule has 0 aliphatic heterocycles. The van der Waals surface area contributed by atoms with Gasteiger partial charge in [-0.05, 0) is 42.6 Å². The van der Waals surface area contributed by atoms with Gasteiger partial charge in [-0.15, -0.1) is 0 Å². The lowest BCUT2D eigenvalue weighted by atomic mass is 9.98. The fourth-order valence-electron chi connectivity index (χ4n) is 1.40. The van der Waals surface area contributed by atoms with Crippen molar-refractivity contribution in [2.75, 3.05) is 13.7 Å². The molecule has 2 N–H and O–H groups in total. The minimum atomic E-state index is 0.424. The van der Waals surface area contributed by atoms with Crippen molar-refractivity contribution < 1.29 is 4.74 Å². The van der Waals surface area contributed by atoms with Crippen molar-refractivity contribution in [1.29, 1.82) is 0 Å². The molecule has 0 radical (unpaired) electrons. The first-order valence-electron chi connectivity index (χ1n) is 4.72. The summed E-state index contributed by atoms with van der Waals surface area (Å²) in [5, 5.41) is 0.711. The van der Waals surface area contributed by atoms with Crippen LogP contribution in [0, 0.1) is 0 Å². The van der Waals surface area contributed by atoms with Crippen molar-refractivity contribution in [1.82, 2.24) is 0 Å². The number of hydrogen-bond acceptors (Lipinski definition) is 2. The van der Waals surface area contributed by atoms with E-state index in [1.807, 2.05) is 12.1 Å². The van der Waals surface area contributed by atoms with E-state index in [2.05, 4.69) is 6.92 Å². The van der Waals surface area contributed by atoms with Crippen LogP contribution in [-0.4, -0.2) is 13.7 Å². The topological polar surface area (TPSA) is 35.2 Å². The lowest BCUT2D eigenvalue weighted by Gasteiger charge is -2.12. The standard InChI is InChI=1S/C11H16ClNO/c1-8(3-4-13)9-5-10(12)7-11(6-9)14-2/h5-8H,3-4,13H2,1-2H3. The summed E-state index contributed by atoms with van der Waals surface area (Å²) < 4.78 is 5.15. The molecule has 3 heteroatoms. The number of ether oxygens (including phenoxy) is 1. The Hall–Kier alpha value is -0.730. The van der Waals surface area contributed by atoms with Gasteiger partial charge in [0.1, 0.15) is 5.75 Å². The maximum atomic E-state index is 5.96. The van der Waals surface area contributed by atoms with Crippen molar-refractivity contribution in [3.63, 3.8) is 0 Å². The quantitative estimate of drug-likeness (QED) is 0.835. The zero-order valence-corrected chi connectivity index (χ0v) is 9.34. The van der Waals surface area contributed by atoms with E-state index in [-0.39, 0.29) is 0 Å². The first-order chi connectivity index (χ1) is 6.67. The summed E-state index contributed by atoms with van der Waals surface area (Å²) in [5.41, 5.74) is 6.69. The molecule has 1 atom stereocenters. The van der Waals surface area contributed by atoms with Crippen LogP contribution in [-0.2, 0) is 0 Å². The highest BCUT2D eigenvalue weighted by Gasteiger charge is 2.07. The van der Waals surface area contributed by atoms with Crippen molar-refractivity contribution in [3.8, 4) is 5.75 Å². The Balaban J connectivity index is 2.90. The Bertz CT molecular complexity index is 301. The van der Waals surface area contributed by atoms with Crippen LogP contribution in [0.2, 0.25) is 5.02 Å². The van der Waals surface area contributed by atoms with Crippen LogP contribution in [0.25, 0.3) is 0 Å². The molecule has 0 aromatic heterocycles. The van der Waals surface area contributed by atoms with Crippen LogP contribution in [0.1, 0.15) is 24.8 Å². The molecule has 1 rings (SSSR count). The fraction of sp³-hybridized carbons (Fsp3) is 0.455. The zero-order chi connectivity index (χ0) is 10.6. The number of benzene rings is 1. The third kappa shape index (κ3) is 2.89. The Morgan fingerprint density at radius 3 is 2.71 bits per heavy atom. The molecule has 0 saturated carbocycles. The summed E-state index contributed by atoms with van der Waals surface area (Å²) in [5.74, 6) is 1.23. The van der Waals surface area contributed by atoms with Crippen molar-refractivity contribution in [2.24, 2.45) is 5.73 Å². The van der Waals surface area contributed by atoms with E-state index in [0.717, 1.165) is 12.2 Å². The average Bonchev–Trinajstić information content (AvgIpc) is 2.17. The van der Waals surface area contributed by atoms with Crippen LogP contribution in [0.15, 0.2) is 18.2 Å². The predicted octanol–water partition coefficient (Wildman–Crippen LogP) is 2.80. The van der Waals surface area contributed by atoms with Gasteiger partial charge in [0.05, 0.1) is 7.11 Å². The Kier molecular flexibility index (Phi) is 4.23. The Labute approximate surface area is 90.0 Å². The number of nitrogens with two attached hydrogens (primary N) is 1. The molecule has 0 bridgehead atoms. The third-order valence-electron chi connectivity index (χ3n) is 2.30. The second-order valence-corrected chi connectivity index (χ2v) is 3.84. The van der Waals surface area contributed by atoms with Crippen LogP contribution in [0.4, 0.5) is 0 Å². The molecule has 0 aliphatic carbocycles. The van der Waals surface area contributed by atoms with Crippen LogP contribution in [0.3, 0.4) is 0 Å². The monoisotopic (exact) mass is 213 g/mol. The van der Waals surface area contributed by atoms with Gasteiger partial charge in [0.15, 0.2) is 0 Å². The summed E-state index contributed by atoms with van der Waals surface area (Å²) in [4.78, 5) is 0. The first-order valence-corrected chi connectivity index (χ1v) is 5.09. The van der Waals surface area contributed by atoms with E-state index >= 15 is 0 Å². The van der Waals surface area contributed by atoms with Gasteiger partial charge in [0.2, 0.25) is 0 Å². The number of hydrogen-bond donors (Lipinski definition) is 1. The molecule has 0 aliphatic rings. The van der Waals surface area contributed by atoms with E-state index in [9.17, 15) is 0 Å². The van der Waals surface area contributed by atoms with Crippen molar-refractivity contribution >= 4 is 11.6 Å². The number of methoxy groups -OCH3 is 1. The second-order valence-electron chi connectivity index (χ2n) is 3.40. The van der Waals surface area contributed by atoms with Gasteiger partial charge >= 0.3 is 0 Å². The van der Waals surface area contributed by atoms with Gasteiger partial charge in [-0.2, -0.15) is 0 Å². The minimum absolute atomic E-state index is 0.424. The summed E-state index contributed by atoms with van der Waals surface area (Å²) in [6.45, 7) is 2.83. The third-order valence-corrected chi connectivity index (χ3v) is 2.52. The molecule has 0 fully saturated rings. The van der Waals surface area contributed by atoms with Crippen molar-refractivity contribution in [2.45, 2.75) is 19.3 Å². The van der Waals surface area contributed by atoms with E-state index in [0.29, 0.717) is 17.5 Å². The Morgan fingerprint density at radius 1 is 1.43 bits per heavy atom. The van der Waals surface area contributed by atoms with Gasteiger partial charge < -0.3 is 10.5 Å². The predicted molar refractivity (Wildman–Crippen MR) is 60.1 cm³/mol. The molecule has 0 heterocycles. The van der Waals surface area contributed by atoms with Gasteiger partial charge in [-0.1, -0.05) is 18.5 Å². The van der Waals surface area contributed by atoms with Gasteiger partial charge in [-0.25, -0.2) is 0 Å². The molecule has 1 aromatic rings. The summed E-state index contributed by atoms with van der Waals surface area (Å²) >= 11 is 5.96. The normalized spacial score (nSPS) is 12.6. The molecule has 14 heavy (non-hydrogen) atoms. The SMILES string of the molecule is COc1cc(Cl)cc(C(C)CCN)c1. The summed E-state index contributed by atoms with van der Waals surface area (Å²) in [6.07, 6.45) is 0.962. The van der Waals surface area contributed by atoms with Gasteiger partial charge in [-0.3, -0.25) is 0 Å². The zero-order valence-electron chi connectivity index (χ0n) is 8.59. The molecular weight excluding hydrogens is 198 g/mol. The molecule has 0 spiro atoms. The van der Waals surface area contributed by atoms with Crippen LogP contribution < -0.4 is 10.5 Å². The maximum Gasteiger partial charge on any atom is 0.120 e. The van der Waals surface area contributed by atoms with Crippen LogP contribution in [0.5, 0.6) is 5.75 Å². The van der Waals surface area contributed by atoms with E-state index < -0.39 is 0 Å². The minimum Gasteiger partial charge on any atom is -0.497 e. The molecule has 1 aromatic carbocycles. The lowest BCUT2D eigenvalue weighted by molar-refractivity contribution is 0.414. The maximum absolute atomic E-state index is 5.96. The highest BCUT2D eigenvalue weighted by molar-refractivity contribution is 6.30. The van der Waals surface area contributed by atoms with Gasteiger partial charge in [0, 0.05) is 5.02 Å². The fourth-order valence-corrected chi connectivity index (χ4v) is 1.64.